The van der Waals surface area contributed by atoms with Crippen molar-refractivity contribution < 1.29 is 19.0 Å². The number of unbranched alkanes of at least 4 members (excludes halogenated alkanes) is 1. The van der Waals surface area contributed by atoms with Crippen LogP contribution in [0.2, 0.25) is 0 Å². The number of hydrogen-bond donors (Lipinski definition) is 0. The quantitative estimate of drug-likeness (QED) is 0.633. The normalized spacial score (nSPS) is 19.6. The number of ether oxygens (including phenoxy) is 3. The second-order valence-corrected chi connectivity index (χ2v) is 3.40. The van der Waals surface area contributed by atoms with Gasteiger partial charge in [-0.2, -0.15) is 0 Å². The molecule has 0 amide bonds. The molecule has 1 atom stereocenters. The van der Waals surface area contributed by atoms with Gasteiger partial charge in [0, 0.05) is 6.92 Å². The number of rotatable bonds is 5. The van der Waals surface area contributed by atoms with Gasteiger partial charge in [-0.1, -0.05) is 13.3 Å². The van der Waals surface area contributed by atoms with Crippen LogP contribution in [-0.4, -0.2) is 31.6 Å². The van der Waals surface area contributed by atoms with Gasteiger partial charge in [0.25, 0.3) is 0 Å². The third-order valence-electron chi connectivity index (χ3n) is 2.11. The van der Waals surface area contributed by atoms with E-state index in [1.54, 1.807) is 0 Å². The van der Waals surface area contributed by atoms with Gasteiger partial charge < -0.3 is 14.2 Å². The van der Waals surface area contributed by atoms with Crippen LogP contribution < -0.4 is 0 Å². The zero-order valence-electron chi connectivity index (χ0n) is 8.82. The van der Waals surface area contributed by atoms with E-state index in [0.29, 0.717) is 13.2 Å². The second kappa shape index (κ2) is 5.98. The summed E-state index contributed by atoms with van der Waals surface area (Å²) in [5.74, 6) is -0.273. The van der Waals surface area contributed by atoms with E-state index in [1.165, 1.54) is 6.92 Å². The van der Waals surface area contributed by atoms with Gasteiger partial charge in [-0.3, -0.25) is 4.79 Å². The average Bonchev–Trinajstić information content (AvgIpc) is 2.64. The molecule has 1 aliphatic heterocycles. The van der Waals surface area contributed by atoms with Crippen molar-refractivity contribution in [3.63, 3.8) is 0 Å². The van der Waals surface area contributed by atoms with Crippen molar-refractivity contribution in [2.24, 2.45) is 0 Å². The van der Waals surface area contributed by atoms with Gasteiger partial charge in [0.2, 0.25) is 0 Å². The van der Waals surface area contributed by atoms with Crippen LogP contribution in [0.3, 0.4) is 0 Å². The molecule has 0 saturated carbocycles. The molecule has 0 aromatic carbocycles. The van der Waals surface area contributed by atoms with Crippen LogP contribution in [0.15, 0.2) is 0 Å². The maximum absolute atomic E-state index is 10.8. The smallest absolute Gasteiger partial charge is 0.303 e. The van der Waals surface area contributed by atoms with Crippen molar-refractivity contribution in [1.82, 2.24) is 0 Å². The van der Waals surface area contributed by atoms with E-state index in [9.17, 15) is 4.79 Å². The van der Waals surface area contributed by atoms with E-state index >= 15 is 0 Å². The molecular formula is C10H18O4. The van der Waals surface area contributed by atoms with Gasteiger partial charge in [-0.25, -0.2) is 0 Å². The molecule has 14 heavy (non-hydrogen) atoms. The van der Waals surface area contributed by atoms with Crippen molar-refractivity contribution in [3.8, 4) is 0 Å². The minimum Gasteiger partial charge on any atom is -0.457 e. The molecule has 1 heterocycles. The molecule has 0 spiro atoms. The van der Waals surface area contributed by atoms with Gasteiger partial charge in [0.05, 0.1) is 13.2 Å². The van der Waals surface area contributed by atoms with Crippen LogP contribution in [-0.2, 0) is 19.0 Å². The molecule has 1 saturated heterocycles. The van der Waals surface area contributed by atoms with E-state index < -0.39 is 0 Å². The molecule has 0 radical (unpaired) electrons. The Morgan fingerprint density at radius 2 is 2.14 bits per heavy atom. The van der Waals surface area contributed by atoms with E-state index in [4.69, 9.17) is 14.2 Å². The van der Waals surface area contributed by atoms with E-state index in [2.05, 4.69) is 6.92 Å². The summed E-state index contributed by atoms with van der Waals surface area (Å²) in [6.07, 6.45) is 2.30. The van der Waals surface area contributed by atoms with Gasteiger partial charge in [0.15, 0.2) is 12.4 Å². The topological polar surface area (TPSA) is 44.8 Å². The molecule has 0 aliphatic carbocycles. The minimum atomic E-state index is -0.356. The molecule has 0 aromatic heterocycles. The highest BCUT2D eigenvalue weighted by atomic mass is 16.7. The van der Waals surface area contributed by atoms with Crippen molar-refractivity contribution in [2.75, 3.05) is 13.2 Å². The summed E-state index contributed by atoms with van der Waals surface area (Å²) in [7, 11) is 0. The molecule has 1 rings (SSSR count). The fourth-order valence-electron chi connectivity index (χ4n) is 1.46. The first-order valence-corrected chi connectivity index (χ1v) is 5.14. The Bertz CT molecular complexity index is 175. The van der Waals surface area contributed by atoms with Crippen molar-refractivity contribution in [2.45, 2.75) is 45.5 Å². The van der Waals surface area contributed by atoms with E-state index in [0.717, 1.165) is 19.3 Å². The monoisotopic (exact) mass is 202 g/mol. The molecular weight excluding hydrogens is 184 g/mol. The zero-order valence-corrected chi connectivity index (χ0v) is 8.82. The fourth-order valence-corrected chi connectivity index (χ4v) is 1.46. The molecule has 1 fully saturated rings. The van der Waals surface area contributed by atoms with Crippen LogP contribution in [0.4, 0.5) is 0 Å². The van der Waals surface area contributed by atoms with E-state index in [1.807, 2.05) is 0 Å². The molecule has 4 nitrogen and oxygen atoms in total. The summed E-state index contributed by atoms with van der Waals surface area (Å²) in [4.78, 5) is 10.8. The van der Waals surface area contributed by atoms with Crippen LogP contribution in [0.5, 0.6) is 0 Å². The molecule has 0 N–H and O–H groups in total. The largest absolute Gasteiger partial charge is 0.457 e. The maximum atomic E-state index is 10.8. The number of carbonyl (C=O) groups excluding carboxylic acids is 1. The van der Waals surface area contributed by atoms with Crippen LogP contribution in [0.1, 0.15) is 33.1 Å². The Hall–Kier alpha value is -0.610. The molecule has 1 unspecified atom stereocenters. The number of esters is 1. The van der Waals surface area contributed by atoms with Gasteiger partial charge in [-0.15, -0.1) is 0 Å². The summed E-state index contributed by atoms with van der Waals surface area (Å²) >= 11 is 0. The Kier molecular flexibility index (Phi) is 4.90. The lowest BCUT2D eigenvalue weighted by Crippen LogP contribution is -2.31. The molecule has 0 aromatic rings. The van der Waals surface area contributed by atoms with Crippen molar-refractivity contribution >= 4 is 5.97 Å². The summed E-state index contributed by atoms with van der Waals surface area (Å²) in [6, 6.07) is 0. The first-order valence-electron chi connectivity index (χ1n) is 5.14. The highest BCUT2D eigenvalue weighted by molar-refractivity contribution is 5.66. The lowest BCUT2D eigenvalue weighted by Gasteiger charge is -2.21. The Morgan fingerprint density at radius 3 is 2.64 bits per heavy atom. The number of hydrogen-bond acceptors (Lipinski definition) is 4. The molecule has 0 bridgehead atoms. The SMILES string of the molecule is CCCCC(OC(C)=O)C1OCCO1. The lowest BCUT2D eigenvalue weighted by molar-refractivity contribution is -0.172. The minimum absolute atomic E-state index is 0.241. The maximum Gasteiger partial charge on any atom is 0.303 e. The van der Waals surface area contributed by atoms with Gasteiger partial charge in [0.1, 0.15) is 0 Å². The Balaban J connectivity index is 2.37. The predicted molar refractivity (Wildman–Crippen MR) is 50.8 cm³/mol. The van der Waals surface area contributed by atoms with Crippen LogP contribution in [0, 0.1) is 0 Å². The third-order valence-corrected chi connectivity index (χ3v) is 2.11. The Labute approximate surface area is 84.5 Å². The van der Waals surface area contributed by atoms with Crippen molar-refractivity contribution in [1.29, 1.82) is 0 Å². The number of carbonyl (C=O) groups is 1. The van der Waals surface area contributed by atoms with Gasteiger partial charge in [-0.05, 0) is 12.8 Å². The standard InChI is InChI=1S/C10H18O4/c1-3-4-5-9(14-8(2)11)10-12-6-7-13-10/h9-10H,3-7H2,1-2H3. The highest BCUT2D eigenvalue weighted by Crippen LogP contribution is 2.17. The summed E-state index contributed by atoms with van der Waals surface area (Å²) in [6.45, 7) is 4.69. The van der Waals surface area contributed by atoms with E-state index in [-0.39, 0.29) is 18.4 Å². The molecule has 4 heteroatoms. The lowest BCUT2D eigenvalue weighted by atomic mass is 10.1. The fraction of sp³-hybridized carbons (Fsp3) is 0.900. The molecule has 1 aliphatic rings. The summed E-state index contributed by atoms with van der Waals surface area (Å²) < 4.78 is 15.8. The Morgan fingerprint density at radius 1 is 1.50 bits per heavy atom. The van der Waals surface area contributed by atoms with Crippen LogP contribution in [0.25, 0.3) is 0 Å². The first-order chi connectivity index (χ1) is 6.74. The highest BCUT2D eigenvalue weighted by Gasteiger charge is 2.28. The first kappa shape index (κ1) is 11.5. The van der Waals surface area contributed by atoms with Crippen LogP contribution >= 0.6 is 0 Å². The zero-order chi connectivity index (χ0) is 10.4. The predicted octanol–water partition coefficient (Wildman–Crippen LogP) is 1.48. The molecule has 82 valence electrons. The second-order valence-electron chi connectivity index (χ2n) is 3.40. The third kappa shape index (κ3) is 3.64. The average molecular weight is 202 g/mol. The van der Waals surface area contributed by atoms with Crippen molar-refractivity contribution in [3.05, 3.63) is 0 Å². The summed E-state index contributed by atoms with van der Waals surface area (Å²) in [5, 5.41) is 0. The van der Waals surface area contributed by atoms with Gasteiger partial charge >= 0.3 is 5.97 Å². The summed E-state index contributed by atoms with van der Waals surface area (Å²) in [5.41, 5.74) is 0.